The highest BCUT2D eigenvalue weighted by atomic mass is 16.3. The molecule has 0 aromatic heterocycles. The van der Waals surface area contributed by atoms with Gasteiger partial charge in [0.25, 0.3) is 0 Å². The molecule has 0 aliphatic rings. The van der Waals surface area contributed by atoms with Gasteiger partial charge in [0, 0.05) is 32.1 Å². The van der Waals surface area contributed by atoms with Crippen molar-refractivity contribution in [3.05, 3.63) is 168 Å². The molecule has 0 saturated heterocycles. The Balaban J connectivity index is 1.40. The van der Waals surface area contributed by atoms with Gasteiger partial charge in [-0.25, -0.2) is 0 Å². The summed E-state index contributed by atoms with van der Waals surface area (Å²) in [6, 6.07) is 49.8. The van der Waals surface area contributed by atoms with Crippen LogP contribution >= 0.6 is 0 Å². The molecule has 4 atom stereocenters. The number of aliphatic hydroxyl groups excluding tert-OH is 1. The lowest BCUT2D eigenvalue weighted by molar-refractivity contribution is -0.138. The van der Waals surface area contributed by atoms with Crippen LogP contribution in [0.2, 0.25) is 0 Å². The predicted molar refractivity (Wildman–Crippen MR) is 189 cm³/mol. The van der Waals surface area contributed by atoms with Crippen LogP contribution < -0.4 is 0 Å². The van der Waals surface area contributed by atoms with Crippen LogP contribution in [0.1, 0.15) is 48.6 Å². The number of nitrogens with zero attached hydrogens (tertiary/aromatic N) is 2. The Kier molecular flexibility index (Phi) is 11.6. The second-order valence-electron chi connectivity index (χ2n) is 12.5. The van der Waals surface area contributed by atoms with Gasteiger partial charge in [0.2, 0.25) is 5.91 Å². The van der Waals surface area contributed by atoms with E-state index in [0.717, 1.165) is 25.1 Å². The molecule has 1 unspecified atom stereocenters. The monoisotopic (exact) mass is 610 g/mol. The Labute approximate surface area is 275 Å². The number of amides is 1. The van der Waals surface area contributed by atoms with Crippen molar-refractivity contribution in [2.45, 2.75) is 58.0 Å². The number of hydrogen-bond donors (Lipinski definition) is 1. The minimum absolute atomic E-state index is 0.0475. The van der Waals surface area contributed by atoms with Crippen LogP contribution in [-0.4, -0.2) is 39.9 Å². The van der Waals surface area contributed by atoms with Crippen molar-refractivity contribution in [2.24, 2.45) is 5.92 Å². The fourth-order valence-electron chi connectivity index (χ4n) is 6.25. The summed E-state index contributed by atoms with van der Waals surface area (Å²) < 4.78 is 0. The average molecular weight is 611 g/mol. The maximum atomic E-state index is 13.9. The first kappa shape index (κ1) is 32.9. The Hall–Kier alpha value is -4.51. The van der Waals surface area contributed by atoms with Gasteiger partial charge in [0.15, 0.2) is 0 Å². The third-order valence-corrected chi connectivity index (χ3v) is 9.11. The fraction of sp³-hybridized carbons (Fsp3) is 0.262. The summed E-state index contributed by atoms with van der Waals surface area (Å²) >= 11 is 0. The molecule has 0 radical (unpaired) electrons. The van der Waals surface area contributed by atoms with Gasteiger partial charge in [0.05, 0.1) is 12.1 Å². The lowest BCUT2D eigenvalue weighted by Crippen LogP contribution is -2.44. The van der Waals surface area contributed by atoms with E-state index in [-0.39, 0.29) is 23.9 Å². The van der Waals surface area contributed by atoms with E-state index in [4.69, 9.17) is 0 Å². The van der Waals surface area contributed by atoms with Gasteiger partial charge in [-0.2, -0.15) is 0 Å². The lowest BCUT2D eigenvalue weighted by Gasteiger charge is -2.36. The van der Waals surface area contributed by atoms with Crippen molar-refractivity contribution in [2.75, 3.05) is 7.05 Å². The molecule has 236 valence electrons. The van der Waals surface area contributed by atoms with E-state index in [0.29, 0.717) is 6.42 Å². The highest BCUT2D eigenvalue weighted by molar-refractivity contribution is 5.78. The molecule has 0 saturated carbocycles. The molecule has 1 N–H and O–H groups in total. The zero-order valence-electron chi connectivity index (χ0n) is 27.2. The second kappa shape index (κ2) is 16.2. The summed E-state index contributed by atoms with van der Waals surface area (Å²) in [6.07, 6.45) is 0.754. The first-order valence-corrected chi connectivity index (χ1v) is 16.3. The molecule has 0 spiro atoms. The summed E-state index contributed by atoms with van der Waals surface area (Å²) in [5.74, 6) is -0.190. The number of aliphatic hydroxyl groups is 1. The number of benzene rings is 5. The van der Waals surface area contributed by atoms with Crippen LogP contribution in [0.25, 0.3) is 11.1 Å². The van der Waals surface area contributed by atoms with Crippen LogP contribution in [0.5, 0.6) is 0 Å². The number of hydrogen-bond acceptors (Lipinski definition) is 3. The highest BCUT2D eigenvalue weighted by Crippen LogP contribution is 2.27. The van der Waals surface area contributed by atoms with E-state index >= 15 is 0 Å². The topological polar surface area (TPSA) is 43.8 Å². The Morgan fingerprint density at radius 2 is 1.07 bits per heavy atom. The van der Waals surface area contributed by atoms with Crippen LogP contribution in [0.15, 0.2) is 146 Å². The van der Waals surface area contributed by atoms with E-state index in [1.165, 1.54) is 27.8 Å². The maximum absolute atomic E-state index is 13.9. The average Bonchev–Trinajstić information content (AvgIpc) is 3.11. The minimum Gasteiger partial charge on any atom is -0.386 e. The van der Waals surface area contributed by atoms with Gasteiger partial charge in [-0.05, 0) is 53.1 Å². The van der Waals surface area contributed by atoms with Crippen LogP contribution in [0.4, 0.5) is 0 Å². The Morgan fingerprint density at radius 3 is 1.59 bits per heavy atom. The van der Waals surface area contributed by atoms with Crippen molar-refractivity contribution in [1.82, 2.24) is 9.80 Å². The summed E-state index contributed by atoms with van der Waals surface area (Å²) in [4.78, 5) is 18.2. The van der Waals surface area contributed by atoms with Crippen molar-refractivity contribution < 1.29 is 9.90 Å². The molecule has 0 heterocycles. The molecule has 1 amide bonds. The first-order chi connectivity index (χ1) is 22.4. The third kappa shape index (κ3) is 8.81. The zero-order chi connectivity index (χ0) is 32.3. The predicted octanol–water partition coefficient (Wildman–Crippen LogP) is 8.57. The molecule has 0 aliphatic heterocycles. The smallest absolute Gasteiger partial charge is 0.225 e. The summed E-state index contributed by atoms with van der Waals surface area (Å²) in [5.41, 5.74) is 6.96. The first-order valence-electron chi connectivity index (χ1n) is 16.3. The SMILES string of the molecule is C[C@H](CC(Cc1ccc(-c2ccccc2)cc1)N(Cc1ccccc1)Cc1ccccc1)C(=O)N(C)[C@H](C)[C@H](O)c1ccccc1. The van der Waals surface area contributed by atoms with Crippen LogP contribution in [0, 0.1) is 5.92 Å². The second-order valence-corrected chi connectivity index (χ2v) is 12.5. The molecule has 5 aromatic carbocycles. The molecule has 0 bridgehead atoms. The van der Waals surface area contributed by atoms with Crippen LogP contribution in [-0.2, 0) is 24.3 Å². The van der Waals surface area contributed by atoms with Crippen LogP contribution in [0.3, 0.4) is 0 Å². The van der Waals surface area contributed by atoms with Crippen molar-refractivity contribution in [3.8, 4) is 11.1 Å². The number of carbonyl (C=O) groups is 1. The van der Waals surface area contributed by atoms with Gasteiger partial charge in [0.1, 0.15) is 0 Å². The van der Waals surface area contributed by atoms with Crippen molar-refractivity contribution in [3.63, 3.8) is 0 Å². The van der Waals surface area contributed by atoms with Gasteiger partial charge in [-0.3, -0.25) is 9.69 Å². The maximum Gasteiger partial charge on any atom is 0.225 e. The van der Waals surface area contributed by atoms with E-state index in [1.807, 2.05) is 57.3 Å². The van der Waals surface area contributed by atoms with Crippen molar-refractivity contribution in [1.29, 1.82) is 0 Å². The minimum atomic E-state index is -0.756. The van der Waals surface area contributed by atoms with E-state index in [2.05, 4.69) is 114 Å². The Morgan fingerprint density at radius 1 is 0.609 bits per heavy atom. The molecule has 46 heavy (non-hydrogen) atoms. The van der Waals surface area contributed by atoms with Gasteiger partial charge in [-0.15, -0.1) is 0 Å². The summed E-state index contributed by atoms with van der Waals surface area (Å²) in [6.45, 7) is 5.52. The van der Waals surface area contributed by atoms with E-state index in [9.17, 15) is 9.90 Å². The number of rotatable bonds is 14. The molecule has 4 nitrogen and oxygen atoms in total. The zero-order valence-corrected chi connectivity index (χ0v) is 27.2. The fourth-order valence-corrected chi connectivity index (χ4v) is 6.25. The quantitative estimate of drug-likeness (QED) is 0.137. The normalized spacial score (nSPS) is 13.9. The molecule has 5 rings (SSSR count). The summed E-state index contributed by atoms with van der Waals surface area (Å²) in [7, 11) is 1.82. The lowest BCUT2D eigenvalue weighted by atomic mass is 9.91. The molecular weight excluding hydrogens is 564 g/mol. The number of likely N-dealkylation sites (N-methyl/N-ethyl adjacent to an activating group) is 1. The van der Waals surface area contributed by atoms with E-state index in [1.54, 1.807) is 4.90 Å². The largest absolute Gasteiger partial charge is 0.386 e. The molecular formula is C42H46N2O2. The van der Waals surface area contributed by atoms with E-state index < -0.39 is 6.10 Å². The molecule has 0 aliphatic carbocycles. The standard InChI is InChI=1S/C42H46N2O2/c1-32(42(46)43(3)33(2)41(45)39-22-14-7-15-23-39)28-40(29-34-24-26-38(27-25-34)37-20-12-6-13-21-37)44(30-35-16-8-4-9-17-35)31-36-18-10-5-11-19-36/h4-27,32-33,40-41,45H,28-31H2,1-3H3/t32-,33-,40?,41+/m1/s1. The third-order valence-electron chi connectivity index (χ3n) is 9.11. The number of carbonyl (C=O) groups excluding carboxylic acids is 1. The molecule has 5 aromatic rings. The molecule has 0 fully saturated rings. The summed E-state index contributed by atoms with van der Waals surface area (Å²) in [5, 5.41) is 11.1. The van der Waals surface area contributed by atoms with Gasteiger partial charge in [-0.1, -0.05) is 153 Å². The highest BCUT2D eigenvalue weighted by Gasteiger charge is 2.30. The molecule has 4 heteroatoms. The van der Waals surface area contributed by atoms with Gasteiger partial charge < -0.3 is 10.0 Å². The Bertz CT molecular complexity index is 1570. The van der Waals surface area contributed by atoms with Gasteiger partial charge >= 0.3 is 0 Å². The van der Waals surface area contributed by atoms with Crippen molar-refractivity contribution >= 4 is 5.91 Å².